The highest BCUT2D eigenvalue weighted by atomic mass is 35.5. The van der Waals surface area contributed by atoms with Crippen molar-refractivity contribution in [2.75, 3.05) is 6.61 Å². The molecule has 90 valence electrons. The third-order valence-electron chi connectivity index (χ3n) is 1.98. The molecule has 1 heterocycles. The minimum atomic E-state index is -0.379. The molecule has 1 aromatic heterocycles. The zero-order chi connectivity index (χ0) is 11.4. The van der Waals surface area contributed by atoms with E-state index >= 15 is 0 Å². The lowest BCUT2D eigenvalue weighted by Gasteiger charge is -2.08. The maximum atomic E-state index is 11.6. The van der Waals surface area contributed by atoms with E-state index in [4.69, 9.17) is 10.5 Å². The summed E-state index contributed by atoms with van der Waals surface area (Å²) < 4.78 is 4.91. The summed E-state index contributed by atoms with van der Waals surface area (Å²) >= 11 is 0. The van der Waals surface area contributed by atoms with Gasteiger partial charge in [0.2, 0.25) is 0 Å². The number of hydrogen-bond donors (Lipinski definition) is 1. The molecule has 1 rings (SSSR count). The predicted octanol–water partition coefficient (Wildman–Crippen LogP) is 1.15. The molecule has 16 heavy (non-hydrogen) atoms. The van der Waals surface area contributed by atoms with Gasteiger partial charge >= 0.3 is 5.97 Å². The number of nitrogens with zero attached hydrogens (tertiary/aromatic N) is 2. The highest BCUT2D eigenvalue weighted by Crippen LogP contribution is 2.11. The molecule has 0 radical (unpaired) electrons. The molecule has 0 aliphatic rings. The number of hydrogen-bond acceptors (Lipinski definition) is 5. The molecule has 0 spiro atoms. The SMILES string of the molecule is CCOC(=O)c1c(C)nc(CN)nc1C.Cl. The minimum Gasteiger partial charge on any atom is -0.462 e. The molecule has 2 N–H and O–H groups in total. The highest BCUT2D eigenvalue weighted by molar-refractivity contribution is 5.91. The maximum Gasteiger partial charge on any atom is 0.341 e. The van der Waals surface area contributed by atoms with Crippen LogP contribution in [0.15, 0.2) is 0 Å². The summed E-state index contributed by atoms with van der Waals surface area (Å²) in [4.78, 5) is 19.8. The smallest absolute Gasteiger partial charge is 0.341 e. The molecule has 1 aromatic rings. The Kier molecular flexibility index (Phi) is 5.92. The van der Waals surface area contributed by atoms with Gasteiger partial charge in [-0.25, -0.2) is 14.8 Å². The van der Waals surface area contributed by atoms with Gasteiger partial charge in [-0.2, -0.15) is 0 Å². The number of rotatable bonds is 3. The van der Waals surface area contributed by atoms with Gasteiger partial charge in [0, 0.05) is 0 Å². The summed E-state index contributed by atoms with van der Waals surface area (Å²) in [7, 11) is 0. The van der Waals surface area contributed by atoms with Gasteiger partial charge in [0.1, 0.15) is 11.4 Å². The van der Waals surface area contributed by atoms with Crippen molar-refractivity contribution in [3.8, 4) is 0 Å². The largest absolute Gasteiger partial charge is 0.462 e. The van der Waals surface area contributed by atoms with Gasteiger partial charge in [0.05, 0.1) is 24.5 Å². The van der Waals surface area contributed by atoms with Crippen LogP contribution in [-0.4, -0.2) is 22.5 Å². The van der Waals surface area contributed by atoms with Crippen LogP contribution in [0, 0.1) is 13.8 Å². The summed E-state index contributed by atoms with van der Waals surface area (Å²) in [6.07, 6.45) is 0. The standard InChI is InChI=1S/C10H15N3O2.ClH/c1-4-15-10(14)9-6(2)12-8(5-11)13-7(9)3;/h4-5,11H2,1-3H3;1H. The van der Waals surface area contributed by atoms with E-state index in [0.29, 0.717) is 29.4 Å². The third-order valence-corrected chi connectivity index (χ3v) is 1.98. The first-order valence-corrected chi connectivity index (χ1v) is 4.81. The Labute approximate surface area is 101 Å². The molecule has 0 bridgehead atoms. The Hall–Kier alpha value is -1.20. The van der Waals surface area contributed by atoms with Crippen molar-refractivity contribution >= 4 is 18.4 Å². The van der Waals surface area contributed by atoms with Crippen molar-refractivity contribution in [2.24, 2.45) is 5.73 Å². The first kappa shape index (κ1) is 14.8. The molecule has 0 atom stereocenters. The van der Waals surface area contributed by atoms with Crippen molar-refractivity contribution in [3.05, 3.63) is 22.8 Å². The quantitative estimate of drug-likeness (QED) is 0.809. The number of esters is 1. The van der Waals surface area contributed by atoms with Gasteiger partial charge in [-0.15, -0.1) is 12.4 Å². The van der Waals surface area contributed by atoms with Crippen molar-refractivity contribution in [1.82, 2.24) is 9.97 Å². The summed E-state index contributed by atoms with van der Waals surface area (Å²) in [5, 5.41) is 0. The van der Waals surface area contributed by atoms with Crippen LogP contribution >= 0.6 is 12.4 Å². The molecular weight excluding hydrogens is 230 g/mol. The normalized spacial score (nSPS) is 9.50. The van der Waals surface area contributed by atoms with Crippen LogP contribution in [0.3, 0.4) is 0 Å². The number of aryl methyl sites for hydroxylation is 2. The average Bonchev–Trinajstić information content (AvgIpc) is 2.16. The molecule has 0 aromatic carbocycles. The summed E-state index contributed by atoms with van der Waals surface area (Å²) in [5.41, 5.74) is 7.10. The van der Waals surface area contributed by atoms with Gasteiger partial charge in [0.15, 0.2) is 0 Å². The van der Waals surface area contributed by atoms with Crippen LogP contribution in [0.25, 0.3) is 0 Å². The van der Waals surface area contributed by atoms with E-state index in [2.05, 4.69) is 9.97 Å². The molecule has 0 unspecified atom stereocenters. The van der Waals surface area contributed by atoms with Crippen molar-refractivity contribution in [2.45, 2.75) is 27.3 Å². The number of carbonyl (C=O) groups is 1. The number of nitrogens with two attached hydrogens (primary N) is 1. The van der Waals surface area contributed by atoms with Gasteiger partial charge in [-0.1, -0.05) is 0 Å². The van der Waals surface area contributed by atoms with Gasteiger partial charge < -0.3 is 10.5 Å². The molecule has 0 saturated heterocycles. The fourth-order valence-electron chi connectivity index (χ4n) is 1.38. The second kappa shape index (κ2) is 6.40. The molecule has 0 amide bonds. The van der Waals surface area contributed by atoms with Crippen LogP contribution in [0.5, 0.6) is 0 Å². The zero-order valence-electron chi connectivity index (χ0n) is 9.61. The molecule has 0 fully saturated rings. The first-order chi connectivity index (χ1) is 7.10. The topological polar surface area (TPSA) is 78.1 Å². The molecular formula is C10H16ClN3O2. The highest BCUT2D eigenvalue weighted by Gasteiger charge is 2.16. The van der Waals surface area contributed by atoms with E-state index in [9.17, 15) is 4.79 Å². The minimum absolute atomic E-state index is 0. The lowest BCUT2D eigenvalue weighted by atomic mass is 10.2. The second-order valence-electron chi connectivity index (χ2n) is 3.11. The van der Waals surface area contributed by atoms with E-state index in [-0.39, 0.29) is 24.9 Å². The van der Waals surface area contributed by atoms with E-state index in [1.165, 1.54) is 0 Å². The molecule has 6 heteroatoms. The summed E-state index contributed by atoms with van der Waals surface area (Å²) in [6.45, 7) is 5.87. The predicted molar refractivity (Wildman–Crippen MR) is 62.6 cm³/mol. The Morgan fingerprint density at radius 2 is 1.81 bits per heavy atom. The van der Waals surface area contributed by atoms with Gasteiger partial charge in [-0.05, 0) is 20.8 Å². The summed E-state index contributed by atoms with van der Waals surface area (Å²) in [5.74, 6) is 0.161. The fraction of sp³-hybridized carbons (Fsp3) is 0.500. The average molecular weight is 246 g/mol. The van der Waals surface area contributed by atoms with E-state index in [1.807, 2.05) is 0 Å². The maximum absolute atomic E-state index is 11.6. The third kappa shape index (κ3) is 3.15. The van der Waals surface area contributed by atoms with Crippen molar-refractivity contribution in [1.29, 1.82) is 0 Å². The first-order valence-electron chi connectivity index (χ1n) is 4.81. The van der Waals surface area contributed by atoms with Crippen molar-refractivity contribution in [3.63, 3.8) is 0 Å². The van der Waals surface area contributed by atoms with Crippen LogP contribution in [-0.2, 0) is 11.3 Å². The van der Waals surface area contributed by atoms with E-state index in [1.54, 1.807) is 20.8 Å². The Balaban J connectivity index is 0.00000225. The number of aromatic nitrogens is 2. The van der Waals surface area contributed by atoms with Gasteiger partial charge in [0.25, 0.3) is 0 Å². The Morgan fingerprint density at radius 3 is 2.19 bits per heavy atom. The Morgan fingerprint density at radius 1 is 1.31 bits per heavy atom. The Bertz CT molecular complexity index is 359. The number of carbonyl (C=O) groups excluding carboxylic acids is 1. The monoisotopic (exact) mass is 245 g/mol. The molecule has 0 aliphatic heterocycles. The fourth-order valence-corrected chi connectivity index (χ4v) is 1.38. The lowest BCUT2D eigenvalue weighted by Crippen LogP contribution is -2.14. The van der Waals surface area contributed by atoms with Gasteiger partial charge in [-0.3, -0.25) is 0 Å². The van der Waals surface area contributed by atoms with Crippen LogP contribution in [0.4, 0.5) is 0 Å². The van der Waals surface area contributed by atoms with E-state index < -0.39 is 0 Å². The number of ether oxygens (including phenoxy) is 1. The second-order valence-corrected chi connectivity index (χ2v) is 3.11. The van der Waals surface area contributed by atoms with E-state index in [0.717, 1.165) is 0 Å². The van der Waals surface area contributed by atoms with Crippen molar-refractivity contribution < 1.29 is 9.53 Å². The van der Waals surface area contributed by atoms with Crippen LogP contribution in [0.2, 0.25) is 0 Å². The molecule has 0 aliphatic carbocycles. The lowest BCUT2D eigenvalue weighted by molar-refractivity contribution is 0.0523. The summed E-state index contributed by atoms with van der Waals surface area (Å²) in [6, 6.07) is 0. The van der Waals surface area contributed by atoms with Crippen LogP contribution in [0.1, 0.15) is 34.5 Å². The zero-order valence-corrected chi connectivity index (χ0v) is 10.4. The molecule has 0 saturated carbocycles. The number of halogens is 1. The van der Waals surface area contributed by atoms with Crippen LogP contribution < -0.4 is 5.73 Å². The molecule has 5 nitrogen and oxygen atoms in total.